The number of fused-ring (bicyclic) bond motifs is 3. The van der Waals surface area contributed by atoms with Gasteiger partial charge in [0.15, 0.2) is 0 Å². The van der Waals surface area contributed by atoms with Gasteiger partial charge in [0, 0.05) is 38.8 Å². The average molecular weight is 363 g/mol. The fraction of sp³-hybridized carbons (Fsp3) is 0.238. The van der Waals surface area contributed by atoms with Crippen LogP contribution >= 0.6 is 11.3 Å². The lowest BCUT2D eigenvalue weighted by Crippen LogP contribution is -2.09. The van der Waals surface area contributed by atoms with Crippen LogP contribution in [-0.4, -0.2) is 29.0 Å². The lowest BCUT2D eigenvalue weighted by atomic mass is 10.1. The first-order valence-corrected chi connectivity index (χ1v) is 9.48. The molecule has 4 aromatic rings. The molecule has 0 aliphatic carbocycles. The molecule has 0 atom stereocenters. The van der Waals surface area contributed by atoms with Crippen molar-refractivity contribution in [3.8, 4) is 0 Å². The largest absolute Gasteiger partial charge is 0.324 e. The summed E-state index contributed by atoms with van der Waals surface area (Å²) in [6, 6.07) is 12.9. The van der Waals surface area contributed by atoms with E-state index in [0.717, 1.165) is 23.1 Å². The number of thiophene rings is 1. The minimum absolute atomic E-state index is 0.635. The molecular formula is C21H22N4S. The van der Waals surface area contributed by atoms with Crippen LogP contribution in [0, 0.1) is 13.8 Å². The van der Waals surface area contributed by atoms with E-state index in [0.29, 0.717) is 5.95 Å². The van der Waals surface area contributed by atoms with Crippen molar-refractivity contribution in [2.75, 3.05) is 19.4 Å². The maximum Gasteiger partial charge on any atom is 0.227 e. The SMILES string of the molecule is Cc1cc(C)cc(Nc2ncc3ccc4sc(CN(C)C)cc4c3n2)c1. The number of benzene rings is 2. The Bertz CT molecular complexity index is 1080. The number of nitrogens with zero attached hydrogens (tertiary/aromatic N) is 3. The van der Waals surface area contributed by atoms with Crippen LogP contribution in [0.15, 0.2) is 42.6 Å². The van der Waals surface area contributed by atoms with Crippen LogP contribution in [0.1, 0.15) is 16.0 Å². The highest BCUT2D eigenvalue weighted by atomic mass is 32.1. The molecular weight excluding hydrogens is 340 g/mol. The number of nitrogens with one attached hydrogen (secondary N) is 1. The molecule has 4 nitrogen and oxygen atoms in total. The van der Waals surface area contributed by atoms with Gasteiger partial charge in [-0.2, -0.15) is 0 Å². The van der Waals surface area contributed by atoms with Gasteiger partial charge in [0.1, 0.15) is 0 Å². The molecule has 1 N–H and O–H groups in total. The molecule has 0 saturated heterocycles. The molecule has 5 heteroatoms. The van der Waals surface area contributed by atoms with E-state index in [1.807, 2.05) is 17.5 Å². The molecule has 0 radical (unpaired) electrons. The molecule has 4 rings (SSSR count). The Kier molecular flexibility index (Phi) is 4.34. The molecule has 2 aromatic heterocycles. The molecule has 0 aliphatic rings. The van der Waals surface area contributed by atoms with Crippen LogP contribution in [0.3, 0.4) is 0 Å². The summed E-state index contributed by atoms with van der Waals surface area (Å²) >= 11 is 1.83. The van der Waals surface area contributed by atoms with E-state index in [2.05, 4.69) is 79.5 Å². The average Bonchev–Trinajstić information content (AvgIpc) is 2.96. The van der Waals surface area contributed by atoms with Crippen molar-refractivity contribution in [3.05, 3.63) is 58.6 Å². The monoisotopic (exact) mass is 362 g/mol. The molecule has 0 aliphatic heterocycles. The second-order valence-electron chi connectivity index (χ2n) is 7.06. The van der Waals surface area contributed by atoms with Crippen LogP contribution in [0.5, 0.6) is 0 Å². The molecule has 0 unspecified atom stereocenters. The van der Waals surface area contributed by atoms with E-state index in [-0.39, 0.29) is 0 Å². The molecule has 0 spiro atoms. The predicted octanol–water partition coefficient (Wildman–Crippen LogP) is 5.27. The van der Waals surface area contributed by atoms with E-state index >= 15 is 0 Å². The van der Waals surface area contributed by atoms with Gasteiger partial charge in [0.05, 0.1) is 5.52 Å². The van der Waals surface area contributed by atoms with Gasteiger partial charge in [0.25, 0.3) is 0 Å². The molecule has 132 valence electrons. The van der Waals surface area contributed by atoms with E-state index in [1.165, 1.54) is 26.1 Å². The van der Waals surface area contributed by atoms with Gasteiger partial charge < -0.3 is 10.2 Å². The van der Waals surface area contributed by atoms with Crippen molar-refractivity contribution in [3.63, 3.8) is 0 Å². The Balaban J connectivity index is 1.77. The maximum absolute atomic E-state index is 4.82. The van der Waals surface area contributed by atoms with Gasteiger partial charge >= 0.3 is 0 Å². The smallest absolute Gasteiger partial charge is 0.227 e. The Hall–Kier alpha value is -2.50. The Morgan fingerprint density at radius 3 is 2.54 bits per heavy atom. The van der Waals surface area contributed by atoms with Crippen LogP contribution in [-0.2, 0) is 6.54 Å². The summed E-state index contributed by atoms with van der Waals surface area (Å²) in [5.74, 6) is 0.635. The van der Waals surface area contributed by atoms with E-state index < -0.39 is 0 Å². The number of aromatic nitrogens is 2. The summed E-state index contributed by atoms with van der Waals surface area (Å²) in [6.45, 7) is 5.14. The van der Waals surface area contributed by atoms with Gasteiger partial charge in [-0.05, 0) is 69.4 Å². The highest BCUT2D eigenvalue weighted by Gasteiger charge is 2.09. The highest BCUT2D eigenvalue weighted by molar-refractivity contribution is 7.19. The fourth-order valence-electron chi connectivity index (χ4n) is 3.29. The molecule has 0 saturated carbocycles. The highest BCUT2D eigenvalue weighted by Crippen LogP contribution is 2.32. The molecule has 2 heterocycles. The summed E-state index contributed by atoms with van der Waals surface area (Å²) in [5, 5.41) is 5.63. The Morgan fingerprint density at radius 2 is 1.81 bits per heavy atom. The van der Waals surface area contributed by atoms with Crippen LogP contribution < -0.4 is 5.32 Å². The first kappa shape index (κ1) is 16.9. The van der Waals surface area contributed by atoms with E-state index in [1.54, 1.807) is 0 Å². The second kappa shape index (κ2) is 6.67. The van der Waals surface area contributed by atoms with Crippen molar-refractivity contribution in [1.82, 2.24) is 14.9 Å². The molecule has 2 aromatic carbocycles. The maximum atomic E-state index is 4.82. The molecule has 0 amide bonds. The van der Waals surface area contributed by atoms with Crippen molar-refractivity contribution in [2.24, 2.45) is 0 Å². The first-order chi connectivity index (χ1) is 12.5. The van der Waals surface area contributed by atoms with E-state index in [4.69, 9.17) is 4.98 Å². The summed E-state index contributed by atoms with van der Waals surface area (Å²) in [7, 11) is 4.19. The molecule has 26 heavy (non-hydrogen) atoms. The lowest BCUT2D eigenvalue weighted by molar-refractivity contribution is 0.406. The van der Waals surface area contributed by atoms with Crippen molar-refractivity contribution < 1.29 is 0 Å². The number of rotatable bonds is 4. The second-order valence-corrected chi connectivity index (χ2v) is 8.23. The minimum atomic E-state index is 0.635. The first-order valence-electron chi connectivity index (χ1n) is 8.66. The number of aryl methyl sites for hydroxylation is 2. The zero-order valence-corrected chi connectivity index (χ0v) is 16.3. The van der Waals surface area contributed by atoms with Crippen LogP contribution in [0.25, 0.3) is 21.0 Å². The molecule has 0 fully saturated rings. The summed E-state index contributed by atoms with van der Waals surface area (Å²) in [6.07, 6.45) is 1.90. The van der Waals surface area contributed by atoms with Crippen LogP contribution in [0.4, 0.5) is 11.6 Å². The van der Waals surface area contributed by atoms with Crippen molar-refractivity contribution in [2.45, 2.75) is 20.4 Å². The lowest BCUT2D eigenvalue weighted by Gasteiger charge is -2.08. The van der Waals surface area contributed by atoms with Gasteiger partial charge in [-0.1, -0.05) is 6.07 Å². The quantitative estimate of drug-likeness (QED) is 0.537. The zero-order chi connectivity index (χ0) is 18.3. The van der Waals surface area contributed by atoms with E-state index in [9.17, 15) is 0 Å². The fourth-order valence-corrected chi connectivity index (χ4v) is 4.47. The third-order valence-electron chi connectivity index (χ3n) is 4.25. The topological polar surface area (TPSA) is 41.1 Å². The third-order valence-corrected chi connectivity index (χ3v) is 5.33. The number of hydrogen-bond acceptors (Lipinski definition) is 5. The van der Waals surface area contributed by atoms with Gasteiger partial charge in [-0.15, -0.1) is 11.3 Å². The predicted molar refractivity (Wildman–Crippen MR) is 112 cm³/mol. The number of hydrogen-bond donors (Lipinski definition) is 1. The minimum Gasteiger partial charge on any atom is -0.324 e. The van der Waals surface area contributed by atoms with Gasteiger partial charge in [-0.25, -0.2) is 9.97 Å². The third kappa shape index (κ3) is 3.41. The number of anilines is 2. The standard InChI is InChI=1S/C21H22N4S/c1-13-7-14(2)9-16(8-13)23-21-22-11-15-5-6-19-18(20(15)24-21)10-17(26-19)12-25(3)4/h5-11H,12H2,1-4H3,(H,22,23,24). The Morgan fingerprint density at radius 1 is 1.04 bits per heavy atom. The van der Waals surface area contributed by atoms with Crippen molar-refractivity contribution in [1.29, 1.82) is 0 Å². The molecule has 0 bridgehead atoms. The normalized spacial score (nSPS) is 11.6. The summed E-state index contributed by atoms with van der Waals surface area (Å²) in [5.41, 5.74) is 4.47. The summed E-state index contributed by atoms with van der Waals surface area (Å²) < 4.78 is 1.27. The summed E-state index contributed by atoms with van der Waals surface area (Å²) in [4.78, 5) is 12.9. The van der Waals surface area contributed by atoms with Gasteiger partial charge in [-0.3, -0.25) is 0 Å². The van der Waals surface area contributed by atoms with Crippen LogP contribution in [0.2, 0.25) is 0 Å². The van der Waals surface area contributed by atoms with Crippen molar-refractivity contribution >= 4 is 44.0 Å². The Labute approximate surface area is 157 Å². The van der Waals surface area contributed by atoms with Gasteiger partial charge in [0.2, 0.25) is 5.95 Å². The zero-order valence-electron chi connectivity index (χ0n) is 15.5.